The van der Waals surface area contributed by atoms with Gasteiger partial charge in [-0.1, -0.05) is 6.07 Å². The summed E-state index contributed by atoms with van der Waals surface area (Å²) in [6, 6.07) is 4.28. The van der Waals surface area contributed by atoms with Crippen LogP contribution in [0.5, 0.6) is 5.75 Å². The van der Waals surface area contributed by atoms with E-state index in [1.807, 2.05) is 13.8 Å². The number of nitrogens with zero attached hydrogens (tertiary/aromatic N) is 1. The minimum atomic E-state index is -3.74. The first-order valence-electron chi connectivity index (χ1n) is 7.74. The van der Waals surface area contributed by atoms with Gasteiger partial charge in [-0.15, -0.1) is 0 Å². The Morgan fingerprint density at radius 1 is 1.39 bits per heavy atom. The predicted molar refractivity (Wildman–Crippen MR) is 87.9 cm³/mol. The van der Waals surface area contributed by atoms with Crippen LogP contribution in [0.25, 0.3) is 0 Å². The summed E-state index contributed by atoms with van der Waals surface area (Å²) in [5.41, 5.74) is 0.640. The first kappa shape index (κ1) is 17.7. The normalized spacial score (nSPS) is 19.1. The van der Waals surface area contributed by atoms with Crippen molar-refractivity contribution in [1.82, 2.24) is 9.62 Å². The van der Waals surface area contributed by atoms with Gasteiger partial charge in [0.1, 0.15) is 11.8 Å². The highest BCUT2D eigenvalue weighted by molar-refractivity contribution is 7.89. The van der Waals surface area contributed by atoms with Crippen LogP contribution in [-0.2, 0) is 14.8 Å². The van der Waals surface area contributed by atoms with Crippen molar-refractivity contribution < 1.29 is 17.9 Å². The van der Waals surface area contributed by atoms with Crippen molar-refractivity contribution in [2.75, 3.05) is 13.7 Å². The molecule has 1 atom stereocenters. The molecule has 1 N–H and O–H groups in total. The van der Waals surface area contributed by atoms with Gasteiger partial charge in [0.05, 0.1) is 12.0 Å². The van der Waals surface area contributed by atoms with Crippen molar-refractivity contribution in [1.29, 1.82) is 0 Å². The Kier molecular flexibility index (Phi) is 5.31. The Morgan fingerprint density at radius 3 is 2.70 bits per heavy atom. The van der Waals surface area contributed by atoms with Gasteiger partial charge >= 0.3 is 0 Å². The molecule has 0 aromatic heterocycles. The second kappa shape index (κ2) is 6.88. The van der Waals surface area contributed by atoms with E-state index in [0.29, 0.717) is 30.7 Å². The number of benzene rings is 1. The van der Waals surface area contributed by atoms with E-state index >= 15 is 0 Å². The number of nitrogens with one attached hydrogen (secondary N) is 1. The largest absolute Gasteiger partial charge is 0.497 e. The lowest BCUT2D eigenvalue weighted by Crippen LogP contribution is -2.47. The molecule has 1 heterocycles. The van der Waals surface area contributed by atoms with Crippen molar-refractivity contribution in [2.24, 2.45) is 0 Å². The van der Waals surface area contributed by atoms with E-state index in [0.717, 1.165) is 0 Å². The lowest BCUT2D eigenvalue weighted by atomic mass is 10.2. The highest BCUT2D eigenvalue weighted by Gasteiger charge is 2.40. The molecule has 1 saturated heterocycles. The maximum atomic E-state index is 13.0. The zero-order valence-corrected chi connectivity index (χ0v) is 14.8. The van der Waals surface area contributed by atoms with Gasteiger partial charge in [0.15, 0.2) is 0 Å². The number of carbonyl (C=O) groups is 1. The van der Waals surface area contributed by atoms with Crippen molar-refractivity contribution >= 4 is 15.9 Å². The van der Waals surface area contributed by atoms with Crippen LogP contribution in [-0.4, -0.2) is 44.4 Å². The topological polar surface area (TPSA) is 75.7 Å². The number of hydrogen-bond acceptors (Lipinski definition) is 4. The molecule has 0 bridgehead atoms. The van der Waals surface area contributed by atoms with Crippen LogP contribution < -0.4 is 10.1 Å². The molecule has 23 heavy (non-hydrogen) atoms. The number of aryl methyl sites for hydroxylation is 1. The number of sulfonamides is 1. The first-order valence-corrected chi connectivity index (χ1v) is 9.18. The maximum Gasteiger partial charge on any atom is 0.244 e. The van der Waals surface area contributed by atoms with E-state index in [-0.39, 0.29) is 16.8 Å². The molecule has 0 saturated carbocycles. The van der Waals surface area contributed by atoms with Gasteiger partial charge in [-0.05, 0) is 45.2 Å². The fourth-order valence-electron chi connectivity index (χ4n) is 2.78. The molecule has 0 unspecified atom stereocenters. The van der Waals surface area contributed by atoms with Crippen LogP contribution in [0, 0.1) is 6.92 Å². The molecule has 1 aromatic rings. The predicted octanol–water partition coefficient (Wildman–Crippen LogP) is 1.68. The Balaban J connectivity index is 2.37. The summed E-state index contributed by atoms with van der Waals surface area (Å²) in [6.45, 7) is 5.82. The minimum Gasteiger partial charge on any atom is -0.497 e. The molecule has 6 nitrogen and oxygen atoms in total. The van der Waals surface area contributed by atoms with Gasteiger partial charge < -0.3 is 10.1 Å². The lowest BCUT2D eigenvalue weighted by Gasteiger charge is -2.25. The summed E-state index contributed by atoms with van der Waals surface area (Å²) >= 11 is 0. The monoisotopic (exact) mass is 340 g/mol. The minimum absolute atomic E-state index is 0.0220. The third kappa shape index (κ3) is 3.67. The number of amides is 1. The Hall–Kier alpha value is -1.60. The second-order valence-electron chi connectivity index (χ2n) is 6.07. The Morgan fingerprint density at radius 2 is 2.09 bits per heavy atom. The van der Waals surface area contributed by atoms with Crippen molar-refractivity contribution in [3.63, 3.8) is 0 Å². The van der Waals surface area contributed by atoms with Gasteiger partial charge in [-0.3, -0.25) is 4.79 Å². The molecule has 7 heteroatoms. The number of methoxy groups -OCH3 is 1. The van der Waals surface area contributed by atoms with E-state index < -0.39 is 16.1 Å². The summed E-state index contributed by atoms with van der Waals surface area (Å²) in [5.74, 6) is 0.248. The molecule has 1 amide bonds. The molecule has 1 aromatic carbocycles. The molecular weight excluding hydrogens is 316 g/mol. The van der Waals surface area contributed by atoms with E-state index in [1.165, 1.54) is 17.5 Å². The van der Waals surface area contributed by atoms with Gasteiger partial charge in [0.2, 0.25) is 15.9 Å². The SMILES string of the molecule is COc1ccc(C)c(S(=O)(=O)N2CCC[C@@H]2C(=O)NC(C)C)c1. The third-order valence-corrected chi connectivity index (χ3v) is 5.97. The van der Waals surface area contributed by atoms with Crippen molar-refractivity contribution in [3.05, 3.63) is 23.8 Å². The molecule has 0 radical (unpaired) electrons. The van der Waals surface area contributed by atoms with Crippen LogP contribution in [0.3, 0.4) is 0 Å². The van der Waals surface area contributed by atoms with Crippen LogP contribution in [0.4, 0.5) is 0 Å². The number of rotatable bonds is 5. The fourth-order valence-corrected chi connectivity index (χ4v) is 4.68. The highest BCUT2D eigenvalue weighted by Crippen LogP contribution is 2.30. The average Bonchev–Trinajstić information content (AvgIpc) is 2.97. The van der Waals surface area contributed by atoms with Crippen LogP contribution >= 0.6 is 0 Å². The van der Waals surface area contributed by atoms with Crippen molar-refractivity contribution in [3.8, 4) is 5.75 Å². The van der Waals surface area contributed by atoms with Gasteiger partial charge in [0, 0.05) is 18.7 Å². The van der Waals surface area contributed by atoms with E-state index in [2.05, 4.69) is 5.32 Å². The molecule has 2 rings (SSSR count). The maximum absolute atomic E-state index is 13.0. The number of hydrogen-bond donors (Lipinski definition) is 1. The molecule has 1 fully saturated rings. The summed E-state index contributed by atoms with van der Waals surface area (Å²) in [5, 5.41) is 2.81. The van der Waals surface area contributed by atoms with E-state index in [4.69, 9.17) is 4.74 Å². The molecule has 0 aliphatic carbocycles. The number of carbonyl (C=O) groups excluding carboxylic acids is 1. The third-order valence-electron chi connectivity index (χ3n) is 3.92. The van der Waals surface area contributed by atoms with Crippen LogP contribution in [0.2, 0.25) is 0 Å². The van der Waals surface area contributed by atoms with Gasteiger partial charge in [0.25, 0.3) is 0 Å². The average molecular weight is 340 g/mol. The summed E-state index contributed by atoms with van der Waals surface area (Å²) < 4.78 is 32.5. The van der Waals surface area contributed by atoms with E-state index in [1.54, 1.807) is 19.1 Å². The van der Waals surface area contributed by atoms with Gasteiger partial charge in [-0.25, -0.2) is 8.42 Å². The Labute approximate surface area is 137 Å². The van der Waals surface area contributed by atoms with Crippen LogP contribution in [0.1, 0.15) is 32.3 Å². The molecular formula is C16H24N2O4S. The number of ether oxygens (including phenoxy) is 1. The smallest absolute Gasteiger partial charge is 0.244 e. The fraction of sp³-hybridized carbons (Fsp3) is 0.562. The highest BCUT2D eigenvalue weighted by atomic mass is 32.2. The molecule has 1 aliphatic heterocycles. The van der Waals surface area contributed by atoms with Crippen LogP contribution in [0.15, 0.2) is 23.1 Å². The second-order valence-corrected chi connectivity index (χ2v) is 7.93. The van der Waals surface area contributed by atoms with Gasteiger partial charge in [-0.2, -0.15) is 4.31 Å². The quantitative estimate of drug-likeness (QED) is 0.885. The standard InChI is InChI=1S/C16H24N2O4S/c1-11(2)17-16(19)14-6-5-9-18(14)23(20,21)15-10-13(22-4)8-7-12(15)3/h7-8,10-11,14H,5-6,9H2,1-4H3,(H,17,19)/t14-/m1/s1. The lowest BCUT2D eigenvalue weighted by molar-refractivity contribution is -0.124. The van der Waals surface area contributed by atoms with Crippen molar-refractivity contribution in [2.45, 2.75) is 50.6 Å². The Bertz CT molecular complexity index is 685. The zero-order chi connectivity index (χ0) is 17.2. The van der Waals surface area contributed by atoms with E-state index in [9.17, 15) is 13.2 Å². The molecule has 0 spiro atoms. The first-order chi connectivity index (χ1) is 10.8. The molecule has 128 valence electrons. The summed E-state index contributed by atoms with van der Waals surface area (Å²) in [7, 11) is -2.24. The summed E-state index contributed by atoms with van der Waals surface area (Å²) in [4.78, 5) is 12.5. The molecule has 1 aliphatic rings. The zero-order valence-electron chi connectivity index (χ0n) is 14.0. The summed E-state index contributed by atoms with van der Waals surface area (Å²) in [6.07, 6.45) is 1.22.